The number of imidazole rings is 1. The molecule has 0 radical (unpaired) electrons. The molecule has 3 aromatic rings. The van der Waals surface area contributed by atoms with Crippen molar-refractivity contribution in [2.75, 3.05) is 5.32 Å². The van der Waals surface area contributed by atoms with Crippen molar-refractivity contribution in [1.29, 1.82) is 0 Å². The van der Waals surface area contributed by atoms with Gasteiger partial charge < -0.3 is 14.9 Å². The van der Waals surface area contributed by atoms with Crippen LogP contribution in [0.15, 0.2) is 48.5 Å². The molecule has 2 aromatic carbocycles. The summed E-state index contributed by atoms with van der Waals surface area (Å²) in [6.45, 7) is 2.18. The fourth-order valence-corrected chi connectivity index (χ4v) is 2.60. The lowest BCUT2D eigenvalue weighted by Gasteiger charge is -2.07. The molecule has 106 valence electrons. The summed E-state index contributed by atoms with van der Waals surface area (Å²) in [5.74, 6) is -0.0959. The van der Waals surface area contributed by atoms with Crippen LogP contribution < -0.4 is 5.32 Å². The number of carbonyl (C=O) groups is 1. The number of para-hydroxylation sites is 2. The van der Waals surface area contributed by atoms with Crippen LogP contribution in [0.25, 0.3) is 11.0 Å². The molecule has 0 aliphatic carbocycles. The molecule has 3 rings (SSSR count). The Kier molecular flexibility index (Phi) is 3.58. The Bertz CT molecular complexity index is 863. The van der Waals surface area contributed by atoms with Crippen LogP contribution in [-0.2, 0) is 11.3 Å². The van der Waals surface area contributed by atoms with Crippen molar-refractivity contribution in [2.24, 2.45) is 0 Å². The van der Waals surface area contributed by atoms with E-state index >= 15 is 0 Å². The third kappa shape index (κ3) is 2.87. The van der Waals surface area contributed by atoms with E-state index in [2.05, 4.69) is 10.3 Å². The number of H-pyrrole nitrogens is 1. The highest BCUT2D eigenvalue weighted by atomic mass is 32.1. The van der Waals surface area contributed by atoms with E-state index < -0.39 is 0 Å². The van der Waals surface area contributed by atoms with Gasteiger partial charge in [-0.1, -0.05) is 24.3 Å². The van der Waals surface area contributed by atoms with E-state index in [4.69, 9.17) is 12.2 Å². The zero-order valence-corrected chi connectivity index (χ0v) is 12.4. The van der Waals surface area contributed by atoms with Crippen LogP contribution in [0.5, 0.6) is 0 Å². The quantitative estimate of drug-likeness (QED) is 0.725. The Morgan fingerprint density at radius 3 is 2.86 bits per heavy atom. The first kappa shape index (κ1) is 13.6. The number of amides is 1. The topological polar surface area (TPSA) is 49.8 Å². The summed E-state index contributed by atoms with van der Waals surface area (Å²) in [7, 11) is 0. The number of nitrogens with zero attached hydrogens (tertiary/aromatic N) is 1. The third-order valence-electron chi connectivity index (χ3n) is 3.29. The summed E-state index contributed by atoms with van der Waals surface area (Å²) in [6, 6.07) is 15.5. The van der Waals surface area contributed by atoms with Crippen molar-refractivity contribution in [2.45, 2.75) is 13.5 Å². The van der Waals surface area contributed by atoms with Crippen LogP contribution in [0.3, 0.4) is 0 Å². The second-order valence-electron chi connectivity index (χ2n) is 4.95. The molecule has 5 heteroatoms. The van der Waals surface area contributed by atoms with E-state index in [9.17, 15) is 4.79 Å². The minimum atomic E-state index is -0.0959. The summed E-state index contributed by atoms with van der Waals surface area (Å²) in [5, 5.41) is 2.89. The van der Waals surface area contributed by atoms with Gasteiger partial charge in [0.25, 0.3) is 0 Å². The molecular formula is C16H15N3OS. The minimum absolute atomic E-state index is 0.0959. The molecule has 1 heterocycles. The molecule has 21 heavy (non-hydrogen) atoms. The Balaban J connectivity index is 1.84. The van der Waals surface area contributed by atoms with Crippen LogP contribution in [0.2, 0.25) is 0 Å². The van der Waals surface area contributed by atoms with Gasteiger partial charge in [-0.25, -0.2) is 0 Å². The molecule has 0 fully saturated rings. The number of aromatic nitrogens is 2. The number of aryl methyl sites for hydroxylation is 1. The SMILES string of the molecule is Cc1cccc(NC(=O)Cn2c(=S)[nH]c3ccccc32)c1. The molecule has 0 aliphatic rings. The molecule has 4 nitrogen and oxygen atoms in total. The summed E-state index contributed by atoms with van der Waals surface area (Å²) in [4.78, 5) is 15.3. The van der Waals surface area contributed by atoms with Crippen LogP contribution >= 0.6 is 12.2 Å². The Morgan fingerprint density at radius 1 is 1.24 bits per heavy atom. The van der Waals surface area contributed by atoms with Gasteiger partial charge in [-0.05, 0) is 49.0 Å². The zero-order valence-electron chi connectivity index (χ0n) is 11.6. The maximum Gasteiger partial charge on any atom is 0.244 e. The number of fused-ring (bicyclic) bond motifs is 1. The van der Waals surface area contributed by atoms with E-state index in [1.54, 1.807) is 4.57 Å². The highest BCUT2D eigenvalue weighted by Crippen LogP contribution is 2.14. The van der Waals surface area contributed by atoms with Gasteiger partial charge in [0.1, 0.15) is 6.54 Å². The fraction of sp³-hybridized carbons (Fsp3) is 0.125. The predicted octanol–water partition coefficient (Wildman–Crippen LogP) is 3.65. The first-order chi connectivity index (χ1) is 10.1. The number of benzene rings is 2. The summed E-state index contributed by atoms with van der Waals surface area (Å²) in [5.41, 5.74) is 3.77. The van der Waals surface area contributed by atoms with Crippen LogP contribution in [0.1, 0.15) is 5.56 Å². The van der Waals surface area contributed by atoms with Gasteiger partial charge in [0, 0.05) is 5.69 Å². The van der Waals surface area contributed by atoms with Crippen molar-refractivity contribution in [3.8, 4) is 0 Å². The molecule has 1 amide bonds. The van der Waals surface area contributed by atoms with E-state index in [-0.39, 0.29) is 12.5 Å². The van der Waals surface area contributed by atoms with Crippen molar-refractivity contribution < 1.29 is 4.79 Å². The van der Waals surface area contributed by atoms with Gasteiger partial charge in [0.15, 0.2) is 4.77 Å². The Labute approximate surface area is 127 Å². The Hall–Kier alpha value is -2.40. The normalized spacial score (nSPS) is 10.7. The largest absolute Gasteiger partial charge is 0.331 e. The monoisotopic (exact) mass is 297 g/mol. The summed E-state index contributed by atoms with van der Waals surface area (Å²) >= 11 is 5.28. The van der Waals surface area contributed by atoms with Crippen LogP contribution in [-0.4, -0.2) is 15.5 Å². The standard InChI is InChI=1S/C16H15N3OS/c1-11-5-4-6-12(9-11)17-15(20)10-19-14-8-3-2-7-13(14)18-16(19)21/h2-9H,10H2,1H3,(H,17,20)(H,18,21). The smallest absolute Gasteiger partial charge is 0.244 e. The number of hydrogen-bond donors (Lipinski definition) is 2. The van der Waals surface area contributed by atoms with E-state index in [0.717, 1.165) is 22.3 Å². The van der Waals surface area contributed by atoms with Crippen molar-refractivity contribution >= 4 is 34.8 Å². The molecule has 0 unspecified atom stereocenters. The maximum absolute atomic E-state index is 12.2. The van der Waals surface area contributed by atoms with Gasteiger partial charge in [0.2, 0.25) is 5.91 Å². The second kappa shape index (κ2) is 5.54. The second-order valence-corrected chi connectivity index (χ2v) is 5.34. The number of carbonyl (C=O) groups excluding carboxylic acids is 1. The van der Waals surface area contributed by atoms with Crippen molar-refractivity contribution in [3.05, 3.63) is 58.9 Å². The van der Waals surface area contributed by atoms with Crippen LogP contribution in [0, 0.1) is 11.7 Å². The predicted molar refractivity (Wildman–Crippen MR) is 86.9 cm³/mol. The van der Waals surface area contributed by atoms with Gasteiger partial charge >= 0.3 is 0 Å². The molecule has 0 saturated carbocycles. The molecule has 0 bridgehead atoms. The minimum Gasteiger partial charge on any atom is -0.331 e. The zero-order chi connectivity index (χ0) is 14.8. The fourth-order valence-electron chi connectivity index (χ4n) is 2.33. The number of rotatable bonds is 3. The number of aromatic amines is 1. The first-order valence-corrected chi connectivity index (χ1v) is 7.08. The molecule has 0 aliphatic heterocycles. The van der Waals surface area contributed by atoms with Crippen molar-refractivity contribution in [1.82, 2.24) is 9.55 Å². The lowest BCUT2D eigenvalue weighted by Crippen LogP contribution is -2.18. The van der Waals surface area contributed by atoms with Gasteiger partial charge in [0.05, 0.1) is 11.0 Å². The summed E-state index contributed by atoms with van der Waals surface area (Å²) < 4.78 is 2.35. The maximum atomic E-state index is 12.2. The third-order valence-corrected chi connectivity index (χ3v) is 3.61. The molecule has 1 aromatic heterocycles. The Morgan fingerprint density at radius 2 is 2.05 bits per heavy atom. The van der Waals surface area contributed by atoms with E-state index in [1.165, 1.54) is 0 Å². The number of hydrogen-bond acceptors (Lipinski definition) is 2. The molecular weight excluding hydrogens is 282 g/mol. The lowest BCUT2D eigenvalue weighted by atomic mass is 10.2. The average Bonchev–Trinajstić information content (AvgIpc) is 2.75. The van der Waals surface area contributed by atoms with E-state index in [1.807, 2.05) is 55.5 Å². The van der Waals surface area contributed by atoms with E-state index in [0.29, 0.717) is 4.77 Å². The summed E-state index contributed by atoms with van der Waals surface area (Å²) in [6.07, 6.45) is 0. The molecule has 2 N–H and O–H groups in total. The van der Waals surface area contributed by atoms with Crippen molar-refractivity contribution in [3.63, 3.8) is 0 Å². The number of nitrogens with one attached hydrogen (secondary N) is 2. The highest BCUT2D eigenvalue weighted by molar-refractivity contribution is 7.71. The number of anilines is 1. The lowest BCUT2D eigenvalue weighted by molar-refractivity contribution is -0.116. The first-order valence-electron chi connectivity index (χ1n) is 6.67. The highest BCUT2D eigenvalue weighted by Gasteiger charge is 2.08. The molecule has 0 spiro atoms. The van der Waals surface area contributed by atoms with Crippen LogP contribution in [0.4, 0.5) is 5.69 Å². The average molecular weight is 297 g/mol. The van der Waals surface area contributed by atoms with Gasteiger partial charge in [-0.2, -0.15) is 0 Å². The van der Waals surface area contributed by atoms with Gasteiger partial charge in [-0.3, -0.25) is 4.79 Å². The molecule has 0 saturated heterocycles. The van der Waals surface area contributed by atoms with Gasteiger partial charge in [-0.15, -0.1) is 0 Å². The molecule has 0 atom stereocenters.